The van der Waals surface area contributed by atoms with Gasteiger partial charge in [0.25, 0.3) is 5.92 Å². The van der Waals surface area contributed by atoms with E-state index in [2.05, 4.69) is 16.0 Å². The first-order valence-corrected chi connectivity index (χ1v) is 14.7. The predicted octanol–water partition coefficient (Wildman–Crippen LogP) is 2.47. The molecule has 232 valence electrons. The highest BCUT2D eigenvalue weighted by molar-refractivity contribution is 5.93. The van der Waals surface area contributed by atoms with Crippen LogP contribution < -0.4 is 20.7 Å². The molecule has 0 aromatic heterocycles. The van der Waals surface area contributed by atoms with E-state index >= 15 is 0 Å². The number of hydrogen-bond donors (Lipinski definition) is 3. The molecule has 13 heteroatoms. The number of halogens is 4. The van der Waals surface area contributed by atoms with Crippen molar-refractivity contribution in [3.05, 3.63) is 29.8 Å². The lowest BCUT2D eigenvalue weighted by Crippen LogP contribution is -2.66. The van der Waals surface area contributed by atoms with Gasteiger partial charge in [-0.2, -0.15) is 0 Å². The van der Waals surface area contributed by atoms with Gasteiger partial charge in [-0.15, -0.1) is 0 Å². The molecule has 5 atom stereocenters. The van der Waals surface area contributed by atoms with Crippen LogP contribution in [0.4, 0.5) is 17.6 Å². The Morgan fingerprint density at radius 3 is 2.45 bits per heavy atom. The normalized spacial score (nSPS) is 28.5. The first kappa shape index (κ1) is 30.5. The molecule has 0 spiro atoms. The van der Waals surface area contributed by atoms with Gasteiger partial charge >= 0.3 is 0 Å². The molecule has 3 N–H and O–H groups in total. The molecule has 0 radical (unpaired) electrons. The number of rotatable bonds is 7. The summed E-state index contributed by atoms with van der Waals surface area (Å²) in [6.07, 6.45) is -0.792. The Bertz CT molecular complexity index is 1180. The van der Waals surface area contributed by atoms with Crippen LogP contribution in [0, 0.1) is 5.92 Å². The molecule has 2 saturated heterocycles. The minimum atomic E-state index is -2.96. The number of fused-ring (bicyclic) bond motifs is 2. The van der Waals surface area contributed by atoms with E-state index in [9.17, 15) is 31.9 Å². The molecule has 3 fully saturated rings. The van der Waals surface area contributed by atoms with Crippen molar-refractivity contribution >= 4 is 17.7 Å². The van der Waals surface area contributed by atoms with Gasteiger partial charge in [-0.3, -0.25) is 19.3 Å². The number of ether oxygens (including phenoxy) is 1. The van der Waals surface area contributed by atoms with Crippen LogP contribution in [0.3, 0.4) is 0 Å². The maximum Gasteiger partial charge on any atom is 0.262 e. The Kier molecular flexibility index (Phi) is 8.71. The van der Waals surface area contributed by atoms with Crippen molar-refractivity contribution in [1.82, 2.24) is 25.8 Å². The lowest BCUT2D eigenvalue weighted by Gasteiger charge is -2.45. The minimum absolute atomic E-state index is 0.00874. The third kappa shape index (κ3) is 6.51. The number of para-hydroxylation sites is 1. The largest absolute Gasteiger partial charge is 0.493 e. The lowest BCUT2D eigenvalue weighted by molar-refractivity contribution is -0.150. The van der Waals surface area contributed by atoms with Crippen molar-refractivity contribution < 1.29 is 36.7 Å². The standard InChI is InChI=1S/C29H39F4N5O4/c1-17(34-2)25(39)36-24(18-7-10-28(30,31)11-8-18)27(41)38-14-19-13-29(32,33)16-37(19)15-22(38)26(40)35-21-9-12-42-23-6-4-3-5-20(21)23/h3-6,17-19,21-22,24,34H,7-16H2,1-2H3,(H,35,40)(H,36,39)/t17-,19+,21+,22?,24-/m0/s1. The van der Waals surface area contributed by atoms with Crippen LogP contribution in [0.1, 0.15) is 57.1 Å². The molecule has 9 nitrogen and oxygen atoms in total. The topological polar surface area (TPSA) is 103 Å². The number of nitrogens with zero attached hydrogens (tertiary/aromatic N) is 2. The average Bonchev–Trinajstić information content (AvgIpc) is 3.27. The SMILES string of the molecule is CN[C@@H](C)C(=O)N[C@H](C(=O)N1C[C@H]2CC(F)(F)CN2CC1C(=O)N[C@@H]1CCOc2ccccc21)C1CCC(F)(F)CC1. The summed E-state index contributed by atoms with van der Waals surface area (Å²) in [4.78, 5) is 43.9. The number of piperazine rings is 1. The molecule has 1 aromatic rings. The van der Waals surface area contributed by atoms with E-state index in [1.165, 1.54) is 4.90 Å². The molecule has 1 unspecified atom stereocenters. The van der Waals surface area contributed by atoms with Crippen molar-refractivity contribution in [2.45, 2.75) is 87.5 Å². The zero-order valence-corrected chi connectivity index (χ0v) is 23.9. The Hall–Kier alpha value is -2.93. The van der Waals surface area contributed by atoms with Gasteiger partial charge in [-0.25, -0.2) is 17.6 Å². The fourth-order valence-corrected chi connectivity index (χ4v) is 6.63. The Morgan fingerprint density at radius 2 is 1.74 bits per heavy atom. The summed E-state index contributed by atoms with van der Waals surface area (Å²) in [6, 6.07) is 3.28. The van der Waals surface area contributed by atoms with Gasteiger partial charge in [0.1, 0.15) is 17.8 Å². The highest BCUT2D eigenvalue weighted by Crippen LogP contribution is 2.40. The summed E-state index contributed by atoms with van der Waals surface area (Å²) >= 11 is 0. The van der Waals surface area contributed by atoms with Crippen LogP contribution in [0.15, 0.2) is 24.3 Å². The Labute approximate surface area is 242 Å². The number of nitrogens with one attached hydrogen (secondary N) is 3. The highest BCUT2D eigenvalue weighted by Gasteiger charge is 2.53. The molecule has 3 amide bonds. The van der Waals surface area contributed by atoms with E-state index in [4.69, 9.17) is 4.74 Å². The summed E-state index contributed by atoms with van der Waals surface area (Å²) in [7, 11) is 1.58. The average molecular weight is 598 g/mol. The molecule has 4 aliphatic rings. The van der Waals surface area contributed by atoms with E-state index < -0.39 is 91.5 Å². The lowest BCUT2D eigenvalue weighted by atomic mass is 9.81. The smallest absolute Gasteiger partial charge is 0.262 e. The second-order valence-corrected chi connectivity index (χ2v) is 12.1. The highest BCUT2D eigenvalue weighted by atomic mass is 19.3. The van der Waals surface area contributed by atoms with Crippen molar-refractivity contribution in [1.29, 1.82) is 0 Å². The molecule has 3 heterocycles. The third-order valence-electron chi connectivity index (χ3n) is 9.16. The first-order chi connectivity index (χ1) is 19.9. The van der Waals surface area contributed by atoms with Gasteiger partial charge < -0.3 is 25.6 Å². The molecule has 42 heavy (non-hydrogen) atoms. The molecule has 0 bridgehead atoms. The molecule has 5 rings (SSSR count). The number of amides is 3. The summed E-state index contributed by atoms with van der Waals surface area (Å²) < 4.78 is 62.7. The van der Waals surface area contributed by atoms with Crippen LogP contribution in [-0.4, -0.2) is 96.8 Å². The summed E-state index contributed by atoms with van der Waals surface area (Å²) in [6.45, 7) is 1.24. The van der Waals surface area contributed by atoms with Crippen molar-refractivity contribution in [2.24, 2.45) is 5.92 Å². The van der Waals surface area contributed by atoms with Crippen LogP contribution in [0.2, 0.25) is 0 Å². The Morgan fingerprint density at radius 1 is 1.02 bits per heavy atom. The van der Waals surface area contributed by atoms with Crippen molar-refractivity contribution in [2.75, 3.05) is 33.3 Å². The second kappa shape index (κ2) is 12.0. The number of benzene rings is 1. The van der Waals surface area contributed by atoms with Gasteiger partial charge in [0, 0.05) is 50.4 Å². The van der Waals surface area contributed by atoms with E-state index in [1.54, 1.807) is 24.9 Å². The molecule has 1 saturated carbocycles. The van der Waals surface area contributed by atoms with E-state index in [-0.39, 0.29) is 25.9 Å². The minimum Gasteiger partial charge on any atom is -0.493 e. The third-order valence-corrected chi connectivity index (χ3v) is 9.16. The molecule has 3 aliphatic heterocycles. The van der Waals surface area contributed by atoms with Gasteiger partial charge in [0.2, 0.25) is 23.6 Å². The van der Waals surface area contributed by atoms with E-state index in [0.29, 0.717) is 18.8 Å². The molecule has 1 aliphatic carbocycles. The first-order valence-electron chi connectivity index (χ1n) is 14.7. The van der Waals surface area contributed by atoms with Gasteiger partial charge in [-0.1, -0.05) is 18.2 Å². The molecular weight excluding hydrogens is 558 g/mol. The van der Waals surface area contributed by atoms with Crippen LogP contribution in [-0.2, 0) is 14.4 Å². The molecular formula is C29H39F4N5O4. The number of hydrogen-bond acceptors (Lipinski definition) is 6. The van der Waals surface area contributed by atoms with E-state index in [1.807, 2.05) is 18.2 Å². The maximum atomic E-state index is 14.5. The van der Waals surface area contributed by atoms with Gasteiger partial charge in [0.05, 0.1) is 25.2 Å². The zero-order chi connectivity index (χ0) is 30.2. The quantitative estimate of drug-likeness (QED) is 0.418. The fraction of sp³-hybridized carbons (Fsp3) is 0.690. The number of carbonyl (C=O) groups is 3. The summed E-state index contributed by atoms with van der Waals surface area (Å²) in [5.41, 5.74) is 0.783. The Balaban J connectivity index is 1.42. The van der Waals surface area contributed by atoms with Crippen LogP contribution in [0.5, 0.6) is 5.75 Å². The van der Waals surface area contributed by atoms with Gasteiger partial charge in [-0.05, 0) is 38.8 Å². The maximum absolute atomic E-state index is 14.5. The number of alkyl halides is 4. The summed E-state index contributed by atoms with van der Waals surface area (Å²) in [5.74, 6) is -7.35. The predicted molar refractivity (Wildman–Crippen MR) is 145 cm³/mol. The van der Waals surface area contributed by atoms with Crippen molar-refractivity contribution in [3.8, 4) is 5.75 Å². The monoisotopic (exact) mass is 597 g/mol. The van der Waals surface area contributed by atoms with Crippen LogP contribution >= 0.6 is 0 Å². The van der Waals surface area contributed by atoms with E-state index in [0.717, 1.165) is 5.56 Å². The number of likely N-dealkylation sites (N-methyl/N-ethyl adjacent to an activating group) is 1. The molecule has 1 aromatic carbocycles. The van der Waals surface area contributed by atoms with Crippen molar-refractivity contribution in [3.63, 3.8) is 0 Å². The fourth-order valence-electron chi connectivity index (χ4n) is 6.63. The zero-order valence-electron chi connectivity index (χ0n) is 23.9. The van der Waals surface area contributed by atoms with Gasteiger partial charge in [0.15, 0.2) is 0 Å². The number of carbonyl (C=O) groups excluding carboxylic acids is 3. The second-order valence-electron chi connectivity index (χ2n) is 12.1. The summed E-state index contributed by atoms with van der Waals surface area (Å²) in [5, 5.41) is 8.55. The van der Waals surface area contributed by atoms with Crippen LogP contribution in [0.25, 0.3) is 0 Å².